The van der Waals surface area contributed by atoms with Crippen LogP contribution in [0.3, 0.4) is 0 Å². The van der Waals surface area contributed by atoms with E-state index in [0.717, 1.165) is 18.5 Å². The second-order valence-corrected chi connectivity index (χ2v) is 5.44. The lowest BCUT2D eigenvalue weighted by molar-refractivity contribution is 0.934. The zero-order valence-corrected chi connectivity index (χ0v) is 12.4. The van der Waals surface area contributed by atoms with Gasteiger partial charge in [0.05, 0.1) is 6.20 Å². The fraction of sp³-hybridized carbons (Fsp3) is 0.222. The quantitative estimate of drug-likeness (QED) is 0.786. The van der Waals surface area contributed by atoms with Gasteiger partial charge in [0.15, 0.2) is 0 Å². The molecular formula is C18H19N3. The first-order chi connectivity index (χ1) is 10.2. The normalized spacial score (nSPS) is 10.8. The lowest BCUT2D eigenvalue weighted by Gasteiger charge is -2.10. The standard InChI is InChI=1S/C18H19N3/c1-13-7-8-16(17(11-13)18-12-19-21-20-18)10-9-15-6-4-3-5-14(15)2/h3-8,11-12H,9-10H2,1-2H3,(H,19,20,21). The number of nitrogens with zero attached hydrogens (tertiary/aromatic N) is 2. The van der Waals surface area contributed by atoms with Gasteiger partial charge < -0.3 is 0 Å². The average molecular weight is 277 g/mol. The topological polar surface area (TPSA) is 41.6 Å². The second-order valence-electron chi connectivity index (χ2n) is 5.44. The molecule has 0 atom stereocenters. The van der Waals surface area contributed by atoms with Gasteiger partial charge in [0.1, 0.15) is 5.69 Å². The van der Waals surface area contributed by atoms with Crippen molar-refractivity contribution in [3.05, 3.63) is 70.9 Å². The molecule has 0 saturated heterocycles. The van der Waals surface area contributed by atoms with Crippen LogP contribution in [0.25, 0.3) is 11.3 Å². The largest absolute Gasteiger partial charge is 0.197 e. The van der Waals surface area contributed by atoms with Crippen LogP contribution in [-0.2, 0) is 12.8 Å². The molecule has 3 aromatic rings. The summed E-state index contributed by atoms with van der Waals surface area (Å²) in [5, 5.41) is 10.8. The predicted molar refractivity (Wildman–Crippen MR) is 85.1 cm³/mol. The van der Waals surface area contributed by atoms with Crippen LogP contribution in [0.5, 0.6) is 0 Å². The lowest BCUT2D eigenvalue weighted by Crippen LogP contribution is -1.97. The Labute approximate surface area is 125 Å². The summed E-state index contributed by atoms with van der Waals surface area (Å²) in [6.07, 6.45) is 3.83. The molecule has 0 radical (unpaired) electrons. The molecule has 0 bridgehead atoms. The molecule has 0 spiro atoms. The van der Waals surface area contributed by atoms with E-state index in [2.05, 4.69) is 71.7 Å². The van der Waals surface area contributed by atoms with Gasteiger partial charge in [-0.25, -0.2) is 0 Å². The number of hydrogen-bond acceptors (Lipinski definition) is 2. The van der Waals surface area contributed by atoms with Crippen LogP contribution in [0.15, 0.2) is 48.7 Å². The first kappa shape index (κ1) is 13.6. The number of H-pyrrole nitrogens is 1. The molecule has 3 heteroatoms. The predicted octanol–water partition coefficient (Wildman–Crippen LogP) is 3.87. The highest BCUT2D eigenvalue weighted by Gasteiger charge is 2.09. The van der Waals surface area contributed by atoms with E-state index in [1.165, 1.54) is 27.8 Å². The summed E-state index contributed by atoms with van der Waals surface area (Å²) in [6.45, 7) is 4.28. The Kier molecular flexibility index (Phi) is 3.82. The van der Waals surface area contributed by atoms with Crippen molar-refractivity contribution in [2.75, 3.05) is 0 Å². The van der Waals surface area contributed by atoms with Crippen molar-refractivity contribution >= 4 is 0 Å². The Hall–Kier alpha value is -2.42. The fourth-order valence-corrected chi connectivity index (χ4v) is 2.64. The fourth-order valence-electron chi connectivity index (χ4n) is 2.64. The van der Waals surface area contributed by atoms with Gasteiger partial charge in [0.2, 0.25) is 0 Å². The van der Waals surface area contributed by atoms with Crippen molar-refractivity contribution in [2.24, 2.45) is 0 Å². The third-order valence-corrected chi connectivity index (χ3v) is 3.88. The molecule has 0 aliphatic heterocycles. The van der Waals surface area contributed by atoms with E-state index < -0.39 is 0 Å². The summed E-state index contributed by atoms with van der Waals surface area (Å²) in [6, 6.07) is 15.1. The molecule has 0 amide bonds. The summed E-state index contributed by atoms with van der Waals surface area (Å²) in [7, 11) is 0. The maximum Gasteiger partial charge on any atom is 0.113 e. The number of hydrogen-bond donors (Lipinski definition) is 1. The SMILES string of the molecule is Cc1ccc(CCc2ccccc2C)c(-c2cn[nH]n2)c1. The Morgan fingerprint density at radius 1 is 0.952 bits per heavy atom. The van der Waals surface area contributed by atoms with Gasteiger partial charge in [0.25, 0.3) is 0 Å². The molecule has 21 heavy (non-hydrogen) atoms. The smallest absolute Gasteiger partial charge is 0.113 e. The molecule has 1 aromatic heterocycles. The van der Waals surface area contributed by atoms with Crippen LogP contribution in [0.2, 0.25) is 0 Å². The van der Waals surface area contributed by atoms with Crippen molar-refractivity contribution in [1.82, 2.24) is 15.4 Å². The minimum Gasteiger partial charge on any atom is -0.197 e. The molecule has 1 N–H and O–H groups in total. The number of aryl methyl sites for hydroxylation is 4. The maximum absolute atomic E-state index is 4.22. The molecule has 3 rings (SSSR count). The van der Waals surface area contributed by atoms with Crippen LogP contribution in [0, 0.1) is 13.8 Å². The highest BCUT2D eigenvalue weighted by atomic mass is 15.3. The molecule has 2 aromatic carbocycles. The molecule has 3 nitrogen and oxygen atoms in total. The van der Waals surface area contributed by atoms with E-state index in [1.807, 2.05) is 0 Å². The van der Waals surface area contributed by atoms with Gasteiger partial charge in [-0.2, -0.15) is 15.4 Å². The van der Waals surface area contributed by atoms with Gasteiger partial charge in [-0.05, 0) is 49.4 Å². The van der Waals surface area contributed by atoms with Crippen LogP contribution in [-0.4, -0.2) is 15.4 Å². The number of rotatable bonds is 4. The van der Waals surface area contributed by atoms with Gasteiger partial charge in [-0.1, -0.05) is 42.0 Å². The third-order valence-electron chi connectivity index (χ3n) is 3.88. The number of benzene rings is 2. The zero-order chi connectivity index (χ0) is 14.7. The number of aromatic amines is 1. The molecule has 1 heterocycles. The summed E-state index contributed by atoms with van der Waals surface area (Å²) in [4.78, 5) is 0. The Morgan fingerprint density at radius 2 is 1.76 bits per heavy atom. The number of aromatic nitrogens is 3. The van der Waals surface area contributed by atoms with Crippen molar-refractivity contribution in [3.8, 4) is 11.3 Å². The Morgan fingerprint density at radius 3 is 2.52 bits per heavy atom. The van der Waals surface area contributed by atoms with E-state index in [9.17, 15) is 0 Å². The molecule has 0 aliphatic carbocycles. The van der Waals surface area contributed by atoms with Crippen LogP contribution < -0.4 is 0 Å². The van der Waals surface area contributed by atoms with Crippen molar-refractivity contribution in [2.45, 2.75) is 26.7 Å². The van der Waals surface area contributed by atoms with E-state index >= 15 is 0 Å². The Bertz CT molecular complexity index is 730. The van der Waals surface area contributed by atoms with Crippen LogP contribution in [0.4, 0.5) is 0 Å². The Balaban J connectivity index is 1.88. The minimum absolute atomic E-state index is 0.915. The molecular weight excluding hydrogens is 258 g/mol. The van der Waals surface area contributed by atoms with E-state index in [1.54, 1.807) is 6.20 Å². The van der Waals surface area contributed by atoms with Crippen LogP contribution >= 0.6 is 0 Å². The van der Waals surface area contributed by atoms with Gasteiger partial charge >= 0.3 is 0 Å². The van der Waals surface area contributed by atoms with Gasteiger partial charge in [-0.3, -0.25) is 0 Å². The summed E-state index contributed by atoms with van der Waals surface area (Å²) < 4.78 is 0. The van der Waals surface area contributed by atoms with E-state index in [-0.39, 0.29) is 0 Å². The third kappa shape index (κ3) is 3.02. The van der Waals surface area contributed by atoms with Crippen molar-refractivity contribution in [3.63, 3.8) is 0 Å². The van der Waals surface area contributed by atoms with Crippen molar-refractivity contribution in [1.29, 1.82) is 0 Å². The van der Waals surface area contributed by atoms with Gasteiger partial charge in [0, 0.05) is 5.56 Å². The highest BCUT2D eigenvalue weighted by Crippen LogP contribution is 2.24. The first-order valence-corrected chi connectivity index (χ1v) is 7.24. The van der Waals surface area contributed by atoms with E-state index in [0.29, 0.717) is 0 Å². The summed E-state index contributed by atoms with van der Waals surface area (Å²) in [5.74, 6) is 0. The molecule has 0 saturated carbocycles. The molecule has 0 fully saturated rings. The lowest BCUT2D eigenvalue weighted by atomic mass is 9.95. The van der Waals surface area contributed by atoms with Crippen molar-refractivity contribution < 1.29 is 0 Å². The summed E-state index contributed by atoms with van der Waals surface area (Å²) >= 11 is 0. The monoisotopic (exact) mass is 277 g/mol. The second kappa shape index (κ2) is 5.92. The average Bonchev–Trinajstić information content (AvgIpc) is 3.01. The minimum atomic E-state index is 0.915. The molecule has 0 aliphatic rings. The first-order valence-electron chi connectivity index (χ1n) is 7.24. The number of nitrogens with one attached hydrogen (secondary N) is 1. The summed E-state index contributed by atoms with van der Waals surface area (Å²) in [5.41, 5.74) is 7.41. The molecule has 0 unspecified atom stereocenters. The van der Waals surface area contributed by atoms with Crippen LogP contribution in [0.1, 0.15) is 22.3 Å². The van der Waals surface area contributed by atoms with Gasteiger partial charge in [-0.15, -0.1) is 0 Å². The zero-order valence-electron chi connectivity index (χ0n) is 12.4. The molecule has 106 valence electrons. The maximum atomic E-state index is 4.22. The van der Waals surface area contributed by atoms with E-state index in [4.69, 9.17) is 0 Å². The highest BCUT2D eigenvalue weighted by molar-refractivity contribution is 5.63.